The number of nitrogens with one attached hydrogen (secondary N) is 2. The Balaban J connectivity index is 1.46. The van der Waals surface area contributed by atoms with Gasteiger partial charge in [0.05, 0.1) is 24.1 Å². The predicted octanol–water partition coefficient (Wildman–Crippen LogP) is 3.71. The maximum absolute atomic E-state index is 12.8. The summed E-state index contributed by atoms with van der Waals surface area (Å²) < 4.78 is 6.94. The highest BCUT2D eigenvalue weighted by molar-refractivity contribution is 6.07. The third-order valence-corrected chi connectivity index (χ3v) is 4.61. The zero-order valence-electron chi connectivity index (χ0n) is 16.1. The van der Waals surface area contributed by atoms with Crippen molar-refractivity contribution in [2.24, 2.45) is 0 Å². The van der Waals surface area contributed by atoms with Crippen molar-refractivity contribution < 1.29 is 14.0 Å². The fourth-order valence-corrected chi connectivity index (χ4v) is 3.11. The smallest absolute Gasteiger partial charge is 0.291 e. The summed E-state index contributed by atoms with van der Waals surface area (Å²) in [6, 6.07) is 19.8. The van der Waals surface area contributed by atoms with Crippen molar-refractivity contribution in [1.82, 2.24) is 15.1 Å². The molecule has 0 bridgehead atoms. The maximum atomic E-state index is 12.8. The van der Waals surface area contributed by atoms with E-state index in [1.807, 2.05) is 41.2 Å². The van der Waals surface area contributed by atoms with Gasteiger partial charge in [0.2, 0.25) is 0 Å². The Kier molecular flexibility index (Phi) is 5.70. The van der Waals surface area contributed by atoms with Crippen molar-refractivity contribution in [3.8, 4) is 0 Å². The summed E-state index contributed by atoms with van der Waals surface area (Å²) in [6.45, 7) is 0.978. The number of hydrogen-bond donors (Lipinski definition) is 2. The van der Waals surface area contributed by atoms with Crippen molar-refractivity contribution in [3.63, 3.8) is 0 Å². The predicted molar refractivity (Wildman–Crippen MR) is 112 cm³/mol. The highest BCUT2D eigenvalue weighted by Gasteiger charge is 2.15. The van der Waals surface area contributed by atoms with Crippen molar-refractivity contribution in [2.75, 3.05) is 5.32 Å². The molecular weight excluding hydrogens is 380 g/mol. The van der Waals surface area contributed by atoms with E-state index >= 15 is 0 Å². The molecule has 2 aromatic carbocycles. The van der Waals surface area contributed by atoms with Crippen LogP contribution < -0.4 is 10.6 Å². The summed E-state index contributed by atoms with van der Waals surface area (Å²) in [5.41, 5.74) is 2.86. The van der Waals surface area contributed by atoms with Crippen LogP contribution in [0.2, 0.25) is 0 Å². The Labute approximate surface area is 173 Å². The lowest BCUT2D eigenvalue weighted by atomic mass is 10.1. The number of anilines is 1. The van der Waals surface area contributed by atoms with E-state index in [0.29, 0.717) is 24.3 Å². The molecule has 0 saturated carbocycles. The van der Waals surface area contributed by atoms with E-state index in [9.17, 15) is 9.59 Å². The van der Waals surface area contributed by atoms with Crippen molar-refractivity contribution in [2.45, 2.75) is 13.1 Å². The number of furan rings is 1. The van der Waals surface area contributed by atoms with Gasteiger partial charge >= 0.3 is 0 Å². The molecule has 0 radical (unpaired) electrons. The summed E-state index contributed by atoms with van der Waals surface area (Å²) in [6.07, 6.45) is 5.06. The lowest BCUT2D eigenvalue weighted by molar-refractivity contribution is 0.0951. The van der Waals surface area contributed by atoms with Gasteiger partial charge in [0.1, 0.15) is 0 Å². The Morgan fingerprint density at radius 3 is 2.47 bits per heavy atom. The van der Waals surface area contributed by atoms with Gasteiger partial charge in [-0.15, -0.1) is 0 Å². The van der Waals surface area contributed by atoms with E-state index in [0.717, 1.165) is 11.1 Å². The Bertz CT molecular complexity index is 1130. The molecule has 150 valence electrons. The minimum Gasteiger partial charge on any atom is -0.459 e. The molecule has 0 saturated heterocycles. The highest BCUT2D eigenvalue weighted by Crippen LogP contribution is 2.17. The van der Waals surface area contributed by atoms with Crippen LogP contribution in [0.5, 0.6) is 0 Å². The SMILES string of the molecule is O=C(Nc1ccccc1C(=O)NCc1ccccc1Cn1cccn1)c1ccco1. The summed E-state index contributed by atoms with van der Waals surface area (Å²) in [5.74, 6) is -0.512. The van der Waals surface area contributed by atoms with Gasteiger partial charge in [-0.05, 0) is 41.5 Å². The topological polar surface area (TPSA) is 89.2 Å². The number of benzene rings is 2. The van der Waals surface area contributed by atoms with E-state index in [1.165, 1.54) is 6.26 Å². The van der Waals surface area contributed by atoms with Gasteiger partial charge in [0, 0.05) is 18.9 Å². The molecule has 0 unspecified atom stereocenters. The molecule has 2 N–H and O–H groups in total. The quantitative estimate of drug-likeness (QED) is 0.495. The van der Waals surface area contributed by atoms with Crippen LogP contribution in [-0.2, 0) is 13.1 Å². The molecule has 7 nitrogen and oxygen atoms in total. The molecule has 2 heterocycles. The molecule has 30 heavy (non-hydrogen) atoms. The monoisotopic (exact) mass is 400 g/mol. The van der Waals surface area contributed by atoms with Crippen LogP contribution in [0.4, 0.5) is 5.69 Å². The first-order valence-corrected chi connectivity index (χ1v) is 9.47. The van der Waals surface area contributed by atoms with Crippen molar-refractivity contribution in [1.29, 1.82) is 0 Å². The molecule has 2 aromatic heterocycles. The van der Waals surface area contributed by atoms with Crippen LogP contribution in [0.15, 0.2) is 89.8 Å². The zero-order chi connectivity index (χ0) is 20.8. The Morgan fingerprint density at radius 1 is 0.900 bits per heavy atom. The van der Waals surface area contributed by atoms with Gasteiger partial charge in [-0.3, -0.25) is 14.3 Å². The molecule has 7 heteroatoms. The second-order valence-electron chi connectivity index (χ2n) is 6.63. The zero-order valence-corrected chi connectivity index (χ0v) is 16.1. The number of hydrogen-bond acceptors (Lipinski definition) is 4. The molecule has 0 aliphatic heterocycles. The maximum Gasteiger partial charge on any atom is 0.291 e. The third-order valence-electron chi connectivity index (χ3n) is 4.61. The van der Waals surface area contributed by atoms with Gasteiger partial charge in [0.15, 0.2) is 5.76 Å². The second-order valence-corrected chi connectivity index (χ2v) is 6.63. The summed E-state index contributed by atoms with van der Waals surface area (Å²) in [7, 11) is 0. The molecule has 0 spiro atoms. The van der Waals surface area contributed by atoms with E-state index in [1.54, 1.807) is 42.6 Å². The number of amides is 2. The third kappa shape index (κ3) is 4.47. The number of rotatable bonds is 7. The molecule has 0 aliphatic rings. The van der Waals surface area contributed by atoms with Crippen molar-refractivity contribution >= 4 is 17.5 Å². The lowest BCUT2D eigenvalue weighted by Crippen LogP contribution is -2.25. The van der Waals surface area contributed by atoms with Gasteiger partial charge < -0.3 is 15.1 Å². The minimum atomic E-state index is -0.412. The van der Waals surface area contributed by atoms with Crippen LogP contribution in [0, 0.1) is 0 Å². The van der Waals surface area contributed by atoms with Crippen LogP contribution in [-0.4, -0.2) is 21.6 Å². The second kappa shape index (κ2) is 8.91. The fourth-order valence-electron chi connectivity index (χ4n) is 3.11. The largest absolute Gasteiger partial charge is 0.459 e. The summed E-state index contributed by atoms with van der Waals surface area (Å²) >= 11 is 0. The van der Waals surface area contributed by atoms with Gasteiger partial charge in [0.25, 0.3) is 11.8 Å². The number of carbonyl (C=O) groups is 2. The number of nitrogens with zero attached hydrogens (tertiary/aromatic N) is 2. The van der Waals surface area contributed by atoms with Crippen LogP contribution in [0.1, 0.15) is 32.0 Å². The van der Waals surface area contributed by atoms with E-state index < -0.39 is 5.91 Å². The molecule has 4 aromatic rings. The standard InChI is InChI=1S/C23H20N4O3/c28-22(19-9-3-4-10-20(19)26-23(29)21-11-5-14-30-21)24-15-17-7-1-2-8-18(17)16-27-13-6-12-25-27/h1-14H,15-16H2,(H,24,28)(H,26,29). The molecular formula is C23H20N4O3. The first-order valence-electron chi connectivity index (χ1n) is 9.47. The van der Waals surface area contributed by atoms with Crippen LogP contribution >= 0.6 is 0 Å². The summed E-state index contributed by atoms with van der Waals surface area (Å²) in [4.78, 5) is 25.1. The first-order chi connectivity index (χ1) is 14.7. The average molecular weight is 400 g/mol. The van der Waals surface area contributed by atoms with Gasteiger partial charge in [-0.25, -0.2) is 0 Å². The summed E-state index contributed by atoms with van der Waals surface area (Å²) in [5, 5.41) is 9.91. The number of aromatic nitrogens is 2. The molecule has 4 rings (SSSR count). The average Bonchev–Trinajstić information content (AvgIpc) is 3.48. The Morgan fingerprint density at radius 2 is 1.70 bits per heavy atom. The molecule has 0 atom stereocenters. The van der Waals surface area contributed by atoms with Crippen molar-refractivity contribution in [3.05, 3.63) is 108 Å². The van der Waals surface area contributed by atoms with E-state index in [4.69, 9.17) is 4.42 Å². The van der Waals surface area contributed by atoms with Crippen LogP contribution in [0.25, 0.3) is 0 Å². The number of carbonyl (C=O) groups excluding carboxylic acids is 2. The normalized spacial score (nSPS) is 10.5. The molecule has 0 aliphatic carbocycles. The van der Waals surface area contributed by atoms with Gasteiger partial charge in [-0.2, -0.15) is 5.10 Å². The van der Waals surface area contributed by atoms with Gasteiger partial charge in [-0.1, -0.05) is 36.4 Å². The number of para-hydroxylation sites is 1. The lowest BCUT2D eigenvalue weighted by Gasteiger charge is -2.13. The Hall–Kier alpha value is -4.13. The fraction of sp³-hybridized carbons (Fsp3) is 0.0870. The minimum absolute atomic E-state index is 0.178. The highest BCUT2D eigenvalue weighted by atomic mass is 16.3. The van der Waals surface area contributed by atoms with E-state index in [-0.39, 0.29) is 11.7 Å². The van der Waals surface area contributed by atoms with E-state index in [2.05, 4.69) is 15.7 Å². The van der Waals surface area contributed by atoms with Crippen LogP contribution in [0.3, 0.4) is 0 Å². The molecule has 2 amide bonds. The first kappa shape index (κ1) is 19.2. The molecule has 0 fully saturated rings.